The highest BCUT2D eigenvalue weighted by molar-refractivity contribution is 7.14. The van der Waals surface area contributed by atoms with E-state index in [1.165, 1.54) is 29.1 Å². The molecule has 0 saturated heterocycles. The average molecular weight is 374 g/mol. The van der Waals surface area contributed by atoms with Crippen molar-refractivity contribution in [2.75, 3.05) is 6.61 Å². The summed E-state index contributed by atoms with van der Waals surface area (Å²) in [5.74, 6) is -0.421. The van der Waals surface area contributed by atoms with Crippen LogP contribution in [0, 0.1) is 0 Å². The molecule has 1 amide bonds. The summed E-state index contributed by atoms with van der Waals surface area (Å²) in [6.07, 6.45) is 0.564. The van der Waals surface area contributed by atoms with E-state index in [0.717, 1.165) is 10.6 Å². The molecular weight excluding hydrogens is 356 g/mol. The number of carbonyl (C=O) groups is 1. The molecule has 0 bridgehead atoms. The van der Waals surface area contributed by atoms with Crippen LogP contribution in [0.3, 0.4) is 0 Å². The SMILES string of the molecule is C[C@@H](O)C(CO)n1cc(C(=O)NCc2nnc(-c3ccccc3)s2)nn1. The van der Waals surface area contributed by atoms with E-state index in [1.54, 1.807) is 0 Å². The van der Waals surface area contributed by atoms with Gasteiger partial charge in [-0.15, -0.1) is 15.3 Å². The van der Waals surface area contributed by atoms with Gasteiger partial charge < -0.3 is 15.5 Å². The van der Waals surface area contributed by atoms with Crippen molar-refractivity contribution in [3.05, 3.63) is 47.2 Å². The maximum absolute atomic E-state index is 12.2. The third-order valence-electron chi connectivity index (χ3n) is 3.71. The summed E-state index contributed by atoms with van der Waals surface area (Å²) >= 11 is 1.40. The Labute approximate surface area is 153 Å². The van der Waals surface area contributed by atoms with E-state index in [9.17, 15) is 15.0 Å². The molecule has 136 valence electrons. The first-order valence-electron chi connectivity index (χ1n) is 7.95. The number of aromatic nitrogens is 5. The molecule has 10 heteroatoms. The molecule has 3 aromatic rings. The zero-order chi connectivity index (χ0) is 18.5. The molecule has 9 nitrogen and oxygen atoms in total. The van der Waals surface area contributed by atoms with Crippen LogP contribution in [-0.2, 0) is 6.54 Å². The van der Waals surface area contributed by atoms with Crippen LogP contribution in [0.4, 0.5) is 0 Å². The van der Waals surface area contributed by atoms with Gasteiger partial charge in [0, 0.05) is 5.56 Å². The van der Waals surface area contributed by atoms with Gasteiger partial charge in [0.2, 0.25) is 0 Å². The van der Waals surface area contributed by atoms with E-state index in [-0.39, 0.29) is 18.8 Å². The van der Waals surface area contributed by atoms with Crippen molar-refractivity contribution in [2.24, 2.45) is 0 Å². The molecule has 2 heterocycles. The second kappa shape index (κ2) is 8.13. The lowest BCUT2D eigenvalue weighted by atomic mass is 10.2. The van der Waals surface area contributed by atoms with Gasteiger partial charge in [-0.3, -0.25) is 4.79 Å². The van der Waals surface area contributed by atoms with E-state index in [2.05, 4.69) is 25.8 Å². The Morgan fingerprint density at radius 3 is 2.73 bits per heavy atom. The molecule has 1 aromatic carbocycles. The number of amides is 1. The molecule has 0 spiro atoms. The number of carbonyl (C=O) groups excluding carboxylic acids is 1. The van der Waals surface area contributed by atoms with Gasteiger partial charge in [-0.05, 0) is 6.92 Å². The molecule has 1 unspecified atom stereocenters. The van der Waals surface area contributed by atoms with Crippen LogP contribution in [0.2, 0.25) is 0 Å². The van der Waals surface area contributed by atoms with Crippen LogP contribution >= 0.6 is 11.3 Å². The zero-order valence-electron chi connectivity index (χ0n) is 14.0. The molecule has 3 N–H and O–H groups in total. The molecule has 0 aliphatic rings. The molecule has 0 aliphatic carbocycles. The summed E-state index contributed by atoms with van der Waals surface area (Å²) in [4.78, 5) is 12.2. The monoisotopic (exact) mass is 374 g/mol. The van der Waals surface area contributed by atoms with Crippen LogP contribution in [0.5, 0.6) is 0 Å². The minimum atomic E-state index is -0.824. The Morgan fingerprint density at radius 2 is 2.04 bits per heavy atom. The van der Waals surface area contributed by atoms with Gasteiger partial charge >= 0.3 is 0 Å². The maximum atomic E-state index is 12.2. The predicted molar refractivity (Wildman–Crippen MR) is 94.3 cm³/mol. The topological polar surface area (TPSA) is 126 Å². The number of nitrogens with zero attached hydrogens (tertiary/aromatic N) is 5. The molecule has 0 saturated carbocycles. The normalized spacial score (nSPS) is 13.3. The fourth-order valence-corrected chi connectivity index (χ4v) is 3.05. The fraction of sp³-hybridized carbons (Fsp3) is 0.312. The lowest BCUT2D eigenvalue weighted by molar-refractivity contribution is 0.0787. The van der Waals surface area contributed by atoms with Gasteiger partial charge in [0.1, 0.15) is 16.1 Å². The van der Waals surface area contributed by atoms with Crippen molar-refractivity contribution < 1.29 is 15.0 Å². The van der Waals surface area contributed by atoms with Gasteiger partial charge in [0.05, 0.1) is 25.5 Å². The van der Waals surface area contributed by atoms with Crippen molar-refractivity contribution in [1.82, 2.24) is 30.5 Å². The van der Waals surface area contributed by atoms with Crippen molar-refractivity contribution in [3.63, 3.8) is 0 Å². The zero-order valence-corrected chi connectivity index (χ0v) is 14.8. The molecule has 26 heavy (non-hydrogen) atoms. The largest absolute Gasteiger partial charge is 0.394 e. The van der Waals surface area contributed by atoms with E-state index >= 15 is 0 Å². The second-order valence-electron chi connectivity index (χ2n) is 5.62. The van der Waals surface area contributed by atoms with Gasteiger partial charge in [0.15, 0.2) is 5.69 Å². The Hall–Kier alpha value is -2.69. The predicted octanol–water partition coefficient (Wildman–Crippen LogP) is 0.641. The first-order chi connectivity index (χ1) is 12.6. The summed E-state index contributed by atoms with van der Waals surface area (Å²) in [5, 5.41) is 38.8. The molecular formula is C16H18N6O3S. The number of aliphatic hydroxyl groups excluding tert-OH is 2. The quantitative estimate of drug-likeness (QED) is 0.554. The third-order valence-corrected chi connectivity index (χ3v) is 4.69. The van der Waals surface area contributed by atoms with Crippen LogP contribution in [0.25, 0.3) is 10.6 Å². The second-order valence-corrected chi connectivity index (χ2v) is 6.69. The molecule has 2 atom stereocenters. The number of rotatable bonds is 7. The summed E-state index contributed by atoms with van der Waals surface area (Å²) in [6.45, 7) is 1.44. The highest BCUT2D eigenvalue weighted by Gasteiger charge is 2.20. The van der Waals surface area contributed by atoms with E-state index in [1.807, 2.05) is 30.3 Å². The summed E-state index contributed by atoms with van der Waals surface area (Å²) in [6, 6.07) is 9.02. The van der Waals surface area contributed by atoms with Crippen molar-refractivity contribution in [2.45, 2.75) is 25.6 Å². The Kier molecular flexibility index (Phi) is 5.66. The first kappa shape index (κ1) is 18.1. The highest BCUT2D eigenvalue weighted by atomic mass is 32.1. The molecule has 0 aliphatic heterocycles. The fourth-order valence-electron chi connectivity index (χ4n) is 2.27. The molecule has 0 radical (unpaired) electrons. The number of hydrogen-bond acceptors (Lipinski definition) is 8. The van der Waals surface area contributed by atoms with E-state index < -0.39 is 18.1 Å². The number of benzene rings is 1. The summed E-state index contributed by atoms with van der Waals surface area (Å²) < 4.78 is 1.28. The third kappa shape index (κ3) is 4.10. The van der Waals surface area contributed by atoms with E-state index in [4.69, 9.17) is 0 Å². The van der Waals surface area contributed by atoms with Crippen LogP contribution in [0.15, 0.2) is 36.5 Å². The van der Waals surface area contributed by atoms with Gasteiger partial charge in [-0.25, -0.2) is 4.68 Å². The van der Waals surface area contributed by atoms with Crippen LogP contribution in [0.1, 0.15) is 28.5 Å². The lowest BCUT2D eigenvalue weighted by Crippen LogP contribution is -2.25. The lowest BCUT2D eigenvalue weighted by Gasteiger charge is -2.16. The molecule has 3 rings (SSSR count). The average Bonchev–Trinajstić information content (AvgIpc) is 3.31. The maximum Gasteiger partial charge on any atom is 0.273 e. The Balaban J connectivity index is 1.61. The van der Waals surface area contributed by atoms with E-state index in [0.29, 0.717) is 5.01 Å². The summed E-state index contributed by atoms with van der Waals surface area (Å²) in [7, 11) is 0. The number of nitrogens with one attached hydrogen (secondary N) is 1. The summed E-state index contributed by atoms with van der Waals surface area (Å²) in [5.41, 5.74) is 1.07. The minimum absolute atomic E-state index is 0.0944. The van der Waals surface area contributed by atoms with Crippen LogP contribution < -0.4 is 5.32 Å². The number of hydrogen-bond donors (Lipinski definition) is 3. The van der Waals surface area contributed by atoms with Gasteiger partial charge in [-0.1, -0.05) is 46.9 Å². The van der Waals surface area contributed by atoms with Crippen molar-refractivity contribution in [1.29, 1.82) is 0 Å². The Bertz CT molecular complexity index is 864. The first-order valence-corrected chi connectivity index (χ1v) is 8.77. The van der Waals surface area contributed by atoms with Crippen molar-refractivity contribution in [3.8, 4) is 10.6 Å². The Morgan fingerprint density at radius 1 is 1.27 bits per heavy atom. The van der Waals surface area contributed by atoms with Crippen molar-refractivity contribution >= 4 is 17.2 Å². The smallest absolute Gasteiger partial charge is 0.273 e. The van der Waals surface area contributed by atoms with Gasteiger partial charge in [-0.2, -0.15) is 0 Å². The standard InChI is InChI=1S/C16H18N6O3S/c1-10(24)13(9-23)22-8-12(18-21-22)15(25)17-7-14-19-20-16(26-14)11-5-3-2-4-6-11/h2-6,8,10,13,23-24H,7,9H2,1H3,(H,17,25)/t10-,13?/m1/s1. The molecule has 0 fully saturated rings. The highest BCUT2D eigenvalue weighted by Crippen LogP contribution is 2.22. The van der Waals surface area contributed by atoms with Gasteiger partial charge in [0.25, 0.3) is 5.91 Å². The van der Waals surface area contributed by atoms with Crippen LogP contribution in [-0.4, -0.2) is 54.0 Å². The number of aliphatic hydroxyl groups is 2. The minimum Gasteiger partial charge on any atom is -0.394 e. The molecule has 2 aromatic heterocycles.